The molecule has 0 fully saturated rings. The molecule has 0 aliphatic rings. The molecule has 0 aliphatic carbocycles. The Morgan fingerprint density at radius 1 is 1.41 bits per heavy atom. The molecule has 0 saturated carbocycles. The zero-order valence-corrected chi connectivity index (χ0v) is 11.4. The van der Waals surface area contributed by atoms with Crippen molar-refractivity contribution in [3.8, 4) is 0 Å². The molecule has 0 radical (unpaired) electrons. The molecule has 1 amide bonds. The van der Waals surface area contributed by atoms with Crippen molar-refractivity contribution in [1.29, 1.82) is 0 Å². The van der Waals surface area contributed by atoms with E-state index in [0.29, 0.717) is 6.42 Å². The highest BCUT2D eigenvalue weighted by atomic mass is 35.5. The maximum absolute atomic E-state index is 11.6. The van der Waals surface area contributed by atoms with Gasteiger partial charge in [-0.05, 0) is 42.7 Å². The van der Waals surface area contributed by atoms with Gasteiger partial charge in [0, 0.05) is 25.6 Å². The summed E-state index contributed by atoms with van der Waals surface area (Å²) in [7, 11) is 3.15. The lowest BCUT2D eigenvalue weighted by molar-refractivity contribution is -0.130. The van der Waals surface area contributed by atoms with Crippen LogP contribution in [0.5, 0.6) is 0 Å². The number of halogens is 1. The van der Waals surface area contributed by atoms with Crippen molar-refractivity contribution in [2.75, 3.05) is 14.2 Å². The highest BCUT2D eigenvalue weighted by molar-refractivity contribution is 6.30. The first-order valence-electron chi connectivity index (χ1n) is 5.49. The highest BCUT2D eigenvalue weighted by Gasteiger charge is 2.19. The number of nitrogens with one attached hydrogen (secondary N) is 1. The molecule has 1 aromatic rings. The van der Waals surface area contributed by atoms with Gasteiger partial charge in [-0.3, -0.25) is 4.79 Å². The Labute approximate surface area is 107 Å². The summed E-state index contributed by atoms with van der Waals surface area (Å²) < 4.78 is 5.20. The van der Waals surface area contributed by atoms with Gasteiger partial charge in [-0.2, -0.15) is 0 Å². The lowest BCUT2D eigenvalue weighted by Gasteiger charge is -2.17. The number of likely N-dealkylation sites (N-methyl/N-ethyl adjacent to an activating group) is 1. The van der Waals surface area contributed by atoms with Gasteiger partial charge in [0.1, 0.15) is 6.10 Å². The Kier molecular flexibility index (Phi) is 4.97. The number of carbonyl (C=O) groups is 1. The first kappa shape index (κ1) is 14.0. The van der Waals surface area contributed by atoms with Gasteiger partial charge in [0.15, 0.2) is 0 Å². The molecule has 0 heterocycles. The number of carbonyl (C=O) groups excluding carboxylic acids is 1. The van der Waals surface area contributed by atoms with Gasteiger partial charge >= 0.3 is 0 Å². The summed E-state index contributed by atoms with van der Waals surface area (Å²) in [4.78, 5) is 11.6. The van der Waals surface area contributed by atoms with Crippen molar-refractivity contribution in [3.05, 3.63) is 33.8 Å². The molecule has 1 aromatic carbocycles. The third kappa shape index (κ3) is 3.45. The molecule has 3 nitrogen and oxygen atoms in total. The van der Waals surface area contributed by atoms with Crippen LogP contribution in [0.25, 0.3) is 0 Å². The molecular weight excluding hydrogens is 238 g/mol. The summed E-state index contributed by atoms with van der Waals surface area (Å²) in [5, 5.41) is 3.32. The van der Waals surface area contributed by atoms with E-state index >= 15 is 0 Å². The maximum atomic E-state index is 11.6. The minimum Gasteiger partial charge on any atom is -0.371 e. The van der Waals surface area contributed by atoms with Crippen molar-refractivity contribution < 1.29 is 9.53 Å². The summed E-state index contributed by atoms with van der Waals surface area (Å²) in [6.07, 6.45) is 0.101. The molecule has 94 valence electrons. The Bertz CT molecular complexity index is 395. The summed E-state index contributed by atoms with van der Waals surface area (Å²) in [5.41, 5.74) is 3.28. The molecule has 1 unspecified atom stereocenters. The molecule has 0 bridgehead atoms. The van der Waals surface area contributed by atoms with Crippen LogP contribution in [0.3, 0.4) is 0 Å². The van der Waals surface area contributed by atoms with Crippen molar-refractivity contribution in [3.63, 3.8) is 0 Å². The largest absolute Gasteiger partial charge is 0.371 e. The number of benzene rings is 1. The van der Waals surface area contributed by atoms with Crippen LogP contribution in [0.15, 0.2) is 12.1 Å². The number of amides is 1. The van der Waals surface area contributed by atoms with E-state index in [9.17, 15) is 4.79 Å². The fraction of sp³-hybridized carbons (Fsp3) is 0.462. The van der Waals surface area contributed by atoms with Gasteiger partial charge in [-0.15, -0.1) is 0 Å². The van der Waals surface area contributed by atoms with Crippen LogP contribution in [-0.2, 0) is 16.0 Å². The third-order valence-corrected chi connectivity index (χ3v) is 3.09. The monoisotopic (exact) mass is 255 g/mol. The van der Waals surface area contributed by atoms with Gasteiger partial charge in [0.2, 0.25) is 5.91 Å². The summed E-state index contributed by atoms with van der Waals surface area (Å²) in [6, 6.07) is 3.81. The third-order valence-electron chi connectivity index (χ3n) is 2.87. The summed E-state index contributed by atoms with van der Waals surface area (Å²) in [6.45, 7) is 3.98. The standard InChI is InChI=1S/C13H18ClNO2/c1-8-5-10(14)6-9(2)11(8)7-12(17-4)13(16)15-3/h5-6,12H,7H2,1-4H3,(H,15,16). The van der Waals surface area contributed by atoms with Crippen LogP contribution >= 0.6 is 11.6 Å². The van der Waals surface area contributed by atoms with Crippen molar-refractivity contribution in [2.45, 2.75) is 26.4 Å². The number of hydrogen-bond donors (Lipinski definition) is 1. The molecule has 0 spiro atoms. The Balaban J connectivity index is 2.98. The normalized spacial score (nSPS) is 12.3. The average Bonchev–Trinajstić information content (AvgIpc) is 2.27. The summed E-state index contributed by atoms with van der Waals surface area (Å²) >= 11 is 5.97. The van der Waals surface area contributed by atoms with Crippen LogP contribution < -0.4 is 5.32 Å². The predicted molar refractivity (Wildman–Crippen MR) is 69.5 cm³/mol. The van der Waals surface area contributed by atoms with Crippen LogP contribution in [0.4, 0.5) is 0 Å². The second kappa shape index (κ2) is 6.03. The van der Waals surface area contributed by atoms with Crippen molar-refractivity contribution in [2.24, 2.45) is 0 Å². The van der Waals surface area contributed by atoms with Crippen molar-refractivity contribution in [1.82, 2.24) is 5.32 Å². The molecule has 0 saturated heterocycles. The van der Waals surface area contributed by atoms with Gasteiger partial charge < -0.3 is 10.1 Å². The lowest BCUT2D eigenvalue weighted by atomic mass is 9.97. The number of hydrogen-bond acceptors (Lipinski definition) is 2. The fourth-order valence-corrected chi connectivity index (χ4v) is 2.22. The van der Waals surface area contributed by atoms with E-state index in [0.717, 1.165) is 21.7 Å². The average molecular weight is 256 g/mol. The van der Waals surface area contributed by atoms with Crippen molar-refractivity contribution >= 4 is 17.5 Å². The molecule has 1 rings (SSSR count). The van der Waals surface area contributed by atoms with E-state index in [4.69, 9.17) is 16.3 Å². The van der Waals surface area contributed by atoms with Gasteiger partial charge in [0.25, 0.3) is 0 Å². The molecule has 4 heteroatoms. The molecule has 0 aromatic heterocycles. The van der Waals surface area contributed by atoms with E-state index in [1.807, 2.05) is 26.0 Å². The lowest BCUT2D eigenvalue weighted by Crippen LogP contribution is -2.35. The van der Waals surface area contributed by atoms with Crippen LogP contribution in [0, 0.1) is 13.8 Å². The second-order valence-corrected chi connectivity index (χ2v) is 4.50. The minimum absolute atomic E-state index is 0.110. The first-order chi connectivity index (χ1) is 7.99. The van der Waals surface area contributed by atoms with E-state index in [1.165, 1.54) is 0 Å². The highest BCUT2D eigenvalue weighted by Crippen LogP contribution is 2.21. The smallest absolute Gasteiger partial charge is 0.249 e. The van der Waals surface area contributed by atoms with Gasteiger partial charge in [-0.1, -0.05) is 11.6 Å². The van der Waals surface area contributed by atoms with E-state index in [2.05, 4.69) is 5.32 Å². The number of aryl methyl sites for hydroxylation is 2. The zero-order valence-electron chi connectivity index (χ0n) is 10.6. The van der Waals surface area contributed by atoms with Gasteiger partial charge in [-0.25, -0.2) is 0 Å². The predicted octanol–water partition coefficient (Wildman–Crippen LogP) is 2.26. The van der Waals surface area contributed by atoms with E-state index in [-0.39, 0.29) is 5.91 Å². The molecular formula is C13H18ClNO2. The molecule has 0 aliphatic heterocycles. The van der Waals surface area contributed by atoms with Crippen LogP contribution in [-0.4, -0.2) is 26.2 Å². The Morgan fingerprint density at radius 3 is 2.35 bits per heavy atom. The first-order valence-corrected chi connectivity index (χ1v) is 5.87. The maximum Gasteiger partial charge on any atom is 0.249 e. The quantitative estimate of drug-likeness (QED) is 0.896. The van der Waals surface area contributed by atoms with Crippen LogP contribution in [0.2, 0.25) is 5.02 Å². The number of ether oxygens (including phenoxy) is 1. The zero-order chi connectivity index (χ0) is 13.0. The molecule has 1 N–H and O–H groups in total. The Morgan fingerprint density at radius 2 is 1.94 bits per heavy atom. The van der Waals surface area contributed by atoms with E-state index < -0.39 is 6.10 Å². The number of methoxy groups -OCH3 is 1. The number of rotatable bonds is 4. The van der Waals surface area contributed by atoms with E-state index in [1.54, 1.807) is 14.2 Å². The van der Waals surface area contributed by atoms with Crippen LogP contribution in [0.1, 0.15) is 16.7 Å². The molecule has 17 heavy (non-hydrogen) atoms. The second-order valence-electron chi connectivity index (χ2n) is 4.06. The Hall–Kier alpha value is -1.06. The van der Waals surface area contributed by atoms with Gasteiger partial charge in [0.05, 0.1) is 0 Å². The minimum atomic E-state index is -0.460. The topological polar surface area (TPSA) is 38.3 Å². The molecule has 1 atom stereocenters. The SMILES string of the molecule is CNC(=O)C(Cc1c(C)cc(Cl)cc1C)OC. The fourth-order valence-electron chi connectivity index (χ4n) is 1.89. The summed E-state index contributed by atoms with van der Waals surface area (Å²) in [5.74, 6) is -0.110.